The number of hydrogen-bond donors (Lipinski definition) is 2. The molecule has 0 aliphatic carbocycles. The molecule has 0 amide bonds. The highest BCUT2D eigenvalue weighted by Gasteiger charge is 2.12. The van der Waals surface area contributed by atoms with Gasteiger partial charge < -0.3 is 20.1 Å². The molecule has 0 fully saturated rings. The zero-order valence-corrected chi connectivity index (χ0v) is 14.9. The highest BCUT2D eigenvalue weighted by Crippen LogP contribution is 2.32. The Bertz CT molecular complexity index is 686. The lowest BCUT2D eigenvalue weighted by Crippen LogP contribution is -2.33. The van der Waals surface area contributed by atoms with E-state index in [4.69, 9.17) is 9.47 Å². The Hall–Kier alpha value is -2.21. The van der Waals surface area contributed by atoms with Crippen LogP contribution in [0.3, 0.4) is 0 Å². The lowest BCUT2D eigenvalue weighted by molar-refractivity contribution is 0.297. The standard InChI is InChI=1S/C18H23N3O2S/c1-13(14-6-9-24-12-14)11-20-18(19-2)21-15-4-5-16-17(10-15)23-8-3-7-22-16/h4-6,9-10,12-13H,3,7-8,11H2,1-2H3,(H2,19,20,21). The third-order valence-corrected chi connectivity index (χ3v) is 4.62. The maximum Gasteiger partial charge on any atom is 0.195 e. The molecule has 1 aromatic carbocycles. The Morgan fingerprint density at radius 3 is 2.83 bits per heavy atom. The van der Waals surface area contributed by atoms with Crippen LogP contribution in [0.5, 0.6) is 11.5 Å². The Balaban J connectivity index is 1.60. The summed E-state index contributed by atoms with van der Waals surface area (Å²) in [5.74, 6) is 2.75. The van der Waals surface area contributed by atoms with Gasteiger partial charge in [0.1, 0.15) is 0 Å². The summed E-state index contributed by atoms with van der Waals surface area (Å²) in [5.41, 5.74) is 2.27. The monoisotopic (exact) mass is 345 g/mol. The predicted molar refractivity (Wildman–Crippen MR) is 99.8 cm³/mol. The van der Waals surface area contributed by atoms with Crippen molar-refractivity contribution < 1.29 is 9.47 Å². The van der Waals surface area contributed by atoms with Crippen LogP contribution in [-0.4, -0.2) is 32.8 Å². The molecule has 0 radical (unpaired) electrons. The third-order valence-electron chi connectivity index (χ3n) is 3.92. The van der Waals surface area contributed by atoms with Gasteiger partial charge in [0.25, 0.3) is 0 Å². The molecule has 0 saturated heterocycles. The van der Waals surface area contributed by atoms with Crippen molar-refractivity contribution in [2.24, 2.45) is 4.99 Å². The molecule has 2 N–H and O–H groups in total. The van der Waals surface area contributed by atoms with Gasteiger partial charge in [-0.25, -0.2) is 0 Å². The fourth-order valence-electron chi connectivity index (χ4n) is 2.48. The fraction of sp³-hybridized carbons (Fsp3) is 0.389. The summed E-state index contributed by atoms with van der Waals surface area (Å²) in [6.45, 7) is 4.40. The van der Waals surface area contributed by atoms with E-state index in [9.17, 15) is 0 Å². The Morgan fingerprint density at radius 1 is 1.25 bits per heavy atom. The Kier molecular flexibility index (Phi) is 5.59. The van der Waals surface area contributed by atoms with E-state index in [0.717, 1.165) is 36.1 Å². The molecule has 3 rings (SSSR count). The molecule has 1 atom stereocenters. The van der Waals surface area contributed by atoms with Gasteiger partial charge in [0.05, 0.1) is 13.2 Å². The van der Waals surface area contributed by atoms with Gasteiger partial charge in [0, 0.05) is 31.8 Å². The molecule has 1 aliphatic rings. The number of nitrogens with zero attached hydrogens (tertiary/aromatic N) is 1. The minimum atomic E-state index is 0.429. The van der Waals surface area contributed by atoms with E-state index in [-0.39, 0.29) is 0 Å². The second kappa shape index (κ2) is 8.06. The number of fused-ring (bicyclic) bond motifs is 1. The molecule has 2 aromatic rings. The van der Waals surface area contributed by atoms with Crippen LogP contribution < -0.4 is 20.1 Å². The van der Waals surface area contributed by atoms with Crippen molar-refractivity contribution >= 4 is 23.0 Å². The number of guanidine groups is 1. The molecule has 5 nitrogen and oxygen atoms in total. The second-order valence-electron chi connectivity index (χ2n) is 5.75. The quantitative estimate of drug-likeness (QED) is 0.655. The first kappa shape index (κ1) is 16.6. The third kappa shape index (κ3) is 4.20. The molecular weight excluding hydrogens is 322 g/mol. The largest absolute Gasteiger partial charge is 0.490 e. The Labute approximate surface area is 146 Å². The van der Waals surface area contributed by atoms with E-state index < -0.39 is 0 Å². The highest BCUT2D eigenvalue weighted by molar-refractivity contribution is 7.07. The van der Waals surface area contributed by atoms with E-state index in [2.05, 4.69) is 39.4 Å². The number of rotatable bonds is 4. The summed E-state index contributed by atoms with van der Waals surface area (Å²) < 4.78 is 11.4. The minimum absolute atomic E-state index is 0.429. The van der Waals surface area contributed by atoms with Crippen molar-refractivity contribution in [1.29, 1.82) is 0 Å². The average Bonchev–Trinajstić information content (AvgIpc) is 3.04. The molecule has 2 heterocycles. The summed E-state index contributed by atoms with van der Waals surface area (Å²) in [4.78, 5) is 4.29. The highest BCUT2D eigenvalue weighted by atomic mass is 32.1. The normalized spacial score (nSPS) is 15.5. The molecule has 0 bridgehead atoms. The smallest absolute Gasteiger partial charge is 0.195 e. The second-order valence-corrected chi connectivity index (χ2v) is 6.53. The summed E-state index contributed by atoms with van der Waals surface area (Å²) >= 11 is 1.73. The minimum Gasteiger partial charge on any atom is -0.490 e. The number of benzene rings is 1. The van der Waals surface area contributed by atoms with Gasteiger partial charge in [0.2, 0.25) is 0 Å². The summed E-state index contributed by atoms with van der Waals surface area (Å²) in [5, 5.41) is 11.0. The van der Waals surface area contributed by atoms with Crippen LogP contribution in [0.4, 0.5) is 5.69 Å². The van der Waals surface area contributed by atoms with Crippen molar-refractivity contribution in [3.63, 3.8) is 0 Å². The lowest BCUT2D eigenvalue weighted by atomic mass is 10.1. The van der Waals surface area contributed by atoms with Gasteiger partial charge >= 0.3 is 0 Å². The zero-order valence-electron chi connectivity index (χ0n) is 14.0. The molecular formula is C18H23N3O2S. The fourth-order valence-corrected chi connectivity index (χ4v) is 3.26. The van der Waals surface area contributed by atoms with Gasteiger partial charge in [-0.3, -0.25) is 4.99 Å². The molecule has 128 valence electrons. The Morgan fingerprint density at radius 2 is 2.08 bits per heavy atom. The number of aliphatic imine (C=N–C) groups is 1. The molecule has 0 spiro atoms. The van der Waals surface area contributed by atoms with Crippen molar-refractivity contribution in [3.8, 4) is 11.5 Å². The van der Waals surface area contributed by atoms with E-state index in [0.29, 0.717) is 19.1 Å². The number of nitrogens with one attached hydrogen (secondary N) is 2. The predicted octanol–water partition coefficient (Wildman–Crippen LogP) is 3.70. The SMILES string of the molecule is CN=C(NCC(C)c1ccsc1)Nc1ccc2c(c1)OCCCO2. The molecule has 1 aliphatic heterocycles. The van der Waals surface area contributed by atoms with Crippen LogP contribution in [0.1, 0.15) is 24.8 Å². The first-order chi connectivity index (χ1) is 11.8. The zero-order chi connectivity index (χ0) is 16.8. The topological polar surface area (TPSA) is 54.9 Å². The molecule has 6 heteroatoms. The van der Waals surface area contributed by atoms with Crippen LogP contribution in [0.15, 0.2) is 40.0 Å². The maximum atomic E-state index is 5.73. The first-order valence-electron chi connectivity index (χ1n) is 8.15. The van der Waals surface area contributed by atoms with Crippen LogP contribution in [-0.2, 0) is 0 Å². The van der Waals surface area contributed by atoms with Gasteiger partial charge in [0.15, 0.2) is 17.5 Å². The van der Waals surface area contributed by atoms with Gasteiger partial charge in [-0.05, 0) is 40.4 Å². The van der Waals surface area contributed by atoms with Crippen LogP contribution in [0, 0.1) is 0 Å². The van der Waals surface area contributed by atoms with Crippen molar-refractivity contribution in [2.45, 2.75) is 19.3 Å². The first-order valence-corrected chi connectivity index (χ1v) is 9.10. The van der Waals surface area contributed by atoms with Gasteiger partial charge in [-0.2, -0.15) is 11.3 Å². The summed E-state index contributed by atoms with van der Waals surface area (Å²) in [6.07, 6.45) is 0.904. The summed E-state index contributed by atoms with van der Waals surface area (Å²) in [7, 11) is 1.77. The van der Waals surface area contributed by atoms with E-state index in [1.165, 1.54) is 5.56 Å². The lowest BCUT2D eigenvalue weighted by Gasteiger charge is -2.16. The van der Waals surface area contributed by atoms with Crippen molar-refractivity contribution in [3.05, 3.63) is 40.6 Å². The van der Waals surface area contributed by atoms with E-state index in [1.54, 1.807) is 18.4 Å². The number of hydrogen-bond acceptors (Lipinski definition) is 4. The molecule has 1 aromatic heterocycles. The van der Waals surface area contributed by atoms with Crippen LogP contribution in [0.2, 0.25) is 0 Å². The van der Waals surface area contributed by atoms with Gasteiger partial charge in [-0.15, -0.1) is 0 Å². The number of ether oxygens (including phenoxy) is 2. The maximum absolute atomic E-state index is 5.73. The molecule has 1 unspecified atom stereocenters. The van der Waals surface area contributed by atoms with Crippen molar-refractivity contribution in [2.75, 3.05) is 32.1 Å². The number of anilines is 1. The molecule has 0 saturated carbocycles. The van der Waals surface area contributed by atoms with Gasteiger partial charge in [-0.1, -0.05) is 6.92 Å². The average molecular weight is 345 g/mol. The van der Waals surface area contributed by atoms with E-state index >= 15 is 0 Å². The molecule has 24 heavy (non-hydrogen) atoms. The summed E-state index contributed by atoms with van der Waals surface area (Å²) in [6, 6.07) is 8.03. The van der Waals surface area contributed by atoms with Crippen LogP contribution in [0.25, 0.3) is 0 Å². The van der Waals surface area contributed by atoms with E-state index in [1.807, 2.05) is 18.2 Å². The van der Waals surface area contributed by atoms with Crippen LogP contribution >= 0.6 is 11.3 Å². The number of thiophene rings is 1. The van der Waals surface area contributed by atoms with Crippen molar-refractivity contribution in [1.82, 2.24) is 5.32 Å².